The Balaban J connectivity index is 1.80. The number of rotatable bonds is 5. The van der Waals surface area contributed by atoms with Gasteiger partial charge < -0.3 is 19.3 Å². The van der Waals surface area contributed by atoms with Crippen molar-refractivity contribution >= 4 is 17.3 Å². The molecule has 134 valence electrons. The molecule has 2 N–H and O–H groups in total. The van der Waals surface area contributed by atoms with Gasteiger partial charge in [-0.2, -0.15) is 5.10 Å². The molecule has 0 amide bonds. The number of carbonyl (C=O) groups is 1. The van der Waals surface area contributed by atoms with Gasteiger partial charge in [0.1, 0.15) is 10.6 Å². The van der Waals surface area contributed by atoms with Crippen molar-refractivity contribution in [2.45, 2.75) is 12.8 Å². The molecule has 0 radical (unpaired) electrons. The molecule has 0 atom stereocenters. The maximum atomic E-state index is 11.7. The molecule has 8 heteroatoms. The van der Waals surface area contributed by atoms with Gasteiger partial charge in [0.05, 0.1) is 31.7 Å². The van der Waals surface area contributed by atoms with Crippen LogP contribution in [0.1, 0.15) is 20.8 Å². The zero-order valence-corrected chi connectivity index (χ0v) is 15.0. The number of fused-ring (bicyclic) bond motifs is 3. The fourth-order valence-electron chi connectivity index (χ4n) is 3.14. The number of H-pyrrole nitrogens is 1. The Morgan fingerprint density at radius 3 is 2.77 bits per heavy atom. The van der Waals surface area contributed by atoms with Gasteiger partial charge in [0, 0.05) is 6.07 Å². The number of thiophene rings is 1. The quantitative estimate of drug-likeness (QED) is 0.708. The number of nitrogens with one attached hydrogen (secondary N) is 1. The summed E-state index contributed by atoms with van der Waals surface area (Å²) in [5, 5.41) is 17.2. The predicted molar refractivity (Wildman–Crippen MR) is 95.9 cm³/mol. The Hall–Kier alpha value is -3.00. The van der Waals surface area contributed by atoms with E-state index in [4.69, 9.17) is 14.2 Å². The number of methoxy groups -OCH3 is 2. The van der Waals surface area contributed by atoms with E-state index in [2.05, 4.69) is 10.2 Å². The van der Waals surface area contributed by atoms with Gasteiger partial charge in [0.25, 0.3) is 0 Å². The summed E-state index contributed by atoms with van der Waals surface area (Å²) in [6, 6.07) is 5.21. The van der Waals surface area contributed by atoms with E-state index in [1.54, 1.807) is 38.6 Å². The molecule has 0 bridgehead atoms. The second-order valence-electron chi connectivity index (χ2n) is 5.77. The number of carboxylic acid groups (broad SMARTS) is 1. The minimum absolute atomic E-state index is 0.302. The Morgan fingerprint density at radius 1 is 1.23 bits per heavy atom. The number of hydrogen-bond acceptors (Lipinski definition) is 6. The molecule has 0 saturated carbocycles. The highest BCUT2D eigenvalue weighted by Gasteiger charge is 2.30. The molecular weight excluding hydrogens is 356 g/mol. The highest BCUT2D eigenvalue weighted by atomic mass is 32.1. The SMILES string of the molecule is COc1ccc(Oc2sc(C(=O)O)c3c2-c2[nH]ncc2CC3)cc1OC. The predicted octanol–water partition coefficient (Wildman–Crippen LogP) is 3.74. The molecule has 0 spiro atoms. The van der Waals surface area contributed by atoms with Gasteiger partial charge in [0.2, 0.25) is 0 Å². The number of ether oxygens (including phenoxy) is 3. The molecule has 2 aromatic heterocycles. The molecule has 0 unspecified atom stereocenters. The van der Waals surface area contributed by atoms with E-state index < -0.39 is 5.97 Å². The fraction of sp³-hybridized carbons (Fsp3) is 0.222. The Labute approximate surface area is 153 Å². The van der Waals surface area contributed by atoms with Gasteiger partial charge in [-0.3, -0.25) is 5.10 Å². The summed E-state index contributed by atoms with van der Waals surface area (Å²) in [6.45, 7) is 0. The Bertz CT molecular complexity index is 992. The number of aromatic carboxylic acids is 1. The van der Waals surface area contributed by atoms with Crippen molar-refractivity contribution in [3.05, 3.63) is 40.4 Å². The van der Waals surface area contributed by atoms with Crippen LogP contribution in [-0.2, 0) is 12.8 Å². The summed E-state index contributed by atoms with van der Waals surface area (Å²) in [6.07, 6.45) is 3.18. The molecule has 1 aliphatic rings. The monoisotopic (exact) mass is 372 g/mol. The molecule has 2 heterocycles. The van der Waals surface area contributed by atoms with Gasteiger partial charge in [-0.15, -0.1) is 0 Å². The normalized spacial score (nSPS) is 12.2. The van der Waals surface area contributed by atoms with Crippen LogP contribution in [0.3, 0.4) is 0 Å². The maximum absolute atomic E-state index is 11.7. The number of carboxylic acids is 1. The van der Waals surface area contributed by atoms with Crippen LogP contribution in [0.4, 0.5) is 0 Å². The zero-order chi connectivity index (χ0) is 18.3. The van der Waals surface area contributed by atoms with Crippen molar-refractivity contribution in [1.82, 2.24) is 10.2 Å². The van der Waals surface area contributed by atoms with Crippen LogP contribution in [0, 0.1) is 0 Å². The average molecular weight is 372 g/mol. The molecule has 0 aliphatic heterocycles. The lowest BCUT2D eigenvalue weighted by atomic mass is 9.92. The standard InChI is InChI=1S/C18H16N2O5S/c1-23-12-6-4-10(7-13(12)24-2)25-18-14-11(16(26-18)17(21)22)5-3-9-8-19-20-15(9)14/h4,6-8H,3,5H2,1-2H3,(H,19,20)(H,21,22). The summed E-state index contributed by atoms with van der Waals surface area (Å²) >= 11 is 1.13. The molecule has 0 fully saturated rings. The first-order valence-corrected chi connectivity index (χ1v) is 8.75. The van der Waals surface area contributed by atoms with Gasteiger partial charge in [0.15, 0.2) is 16.6 Å². The van der Waals surface area contributed by atoms with E-state index in [1.807, 2.05) is 0 Å². The molecule has 7 nitrogen and oxygen atoms in total. The van der Waals surface area contributed by atoms with Crippen LogP contribution in [0.15, 0.2) is 24.4 Å². The van der Waals surface area contributed by atoms with Crippen LogP contribution < -0.4 is 14.2 Å². The number of aromatic nitrogens is 2. The molecule has 0 saturated heterocycles. The van der Waals surface area contributed by atoms with E-state index in [-0.39, 0.29) is 0 Å². The minimum atomic E-state index is -0.948. The second kappa shape index (κ2) is 6.38. The van der Waals surface area contributed by atoms with Gasteiger partial charge in [-0.1, -0.05) is 11.3 Å². The summed E-state index contributed by atoms with van der Waals surface area (Å²) in [5.41, 5.74) is 3.45. The van der Waals surface area contributed by atoms with Crippen LogP contribution in [-0.4, -0.2) is 35.5 Å². The van der Waals surface area contributed by atoms with Crippen molar-refractivity contribution in [3.8, 4) is 33.6 Å². The molecule has 1 aliphatic carbocycles. The minimum Gasteiger partial charge on any atom is -0.493 e. The van der Waals surface area contributed by atoms with Crippen LogP contribution in [0.25, 0.3) is 11.3 Å². The molecule has 1 aromatic carbocycles. The van der Waals surface area contributed by atoms with E-state index in [1.165, 1.54) is 0 Å². The molecular formula is C18H16N2O5S. The van der Waals surface area contributed by atoms with Gasteiger partial charge in [-0.25, -0.2) is 4.79 Å². The topological polar surface area (TPSA) is 93.7 Å². The first-order chi connectivity index (χ1) is 12.6. The summed E-state index contributed by atoms with van der Waals surface area (Å²) in [5.74, 6) is 0.720. The van der Waals surface area contributed by atoms with E-state index in [0.717, 1.165) is 40.1 Å². The van der Waals surface area contributed by atoms with Gasteiger partial charge in [-0.05, 0) is 36.1 Å². The lowest BCUT2D eigenvalue weighted by molar-refractivity contribution is 0.0701. The van der Waals surface area contributed by atoms with Crippen molar-refractivity contribution in [3.63, 3.8) is 0 Å². The summed E-state index contributed by atoms with van der Waals surface area (Å²) in [7, 11) is 3.11. The highest BCUT2D eigenvalue weighted by molar-refractivity contribution is 7.16. The second-order valence-corrected chi connectivity index (χ2v) is 6.75. The van der Waals surface area contributed by atoms with Crippen molar-refractivity contribution in [2.75, 3.05) is 14.2 Å². The lowest BCUT2D eigenvalue weighted by Gasteiger charge is -2.14. The largest absolute Gasteiger partial charge is 0.493 e. The average Bonchev–Trinajstić information content (AvgIpc) is 3.25. The third kappa shape index (κ3) is 2.59. The Morgan fingerprint density at radius 2 is 2.04 bits per heavy atom. The number of nitrogens with zero attached hydrogens (tertiary/aromatic N) is 1. The third-order valence-electron chi connectivity index (χ3n) is 4.35. The highest BCUT2D eigenvalue weighted by Crippen LogP contribution is 2.48. The summed E-state index contributed by atoms with van der Waals surface area (Å²) < 4.78 is 16.6. The molecule has 3 aromatic rings. The summed E-state index contributed by atoms with van der Waals surface area (Å²) in [4.78, 5) is 12.0. The fourth-order valence-corrected chi connectivity index (χ4v) is 4.21. The van der Waals surface area contributed by atoms with Crippen molar-refractivity contribution in [2.24, 2.45) is 0 Å². The number of benzene rings is 1. The number of hydrogen-bond donors (Lipinski definition) is 2. The first kappa shape index (κ1) is 16.5. The van der Waals surface area contributed by atoms with E-state index in [9.17, 15) is 9.90 Å². The van der Waals surface area contributed by atoms with Crippen LogP contribution in [0.2, 0.25) is 0 Å². The lowest BCUT2D eigenvalue weighted by Crippen LogP contribution is -2.05. The molecule has 26 heavy (non-hydrogen) atoms. The number of aromatic amines is 1. The molecule has 4 rings (SSSR count). The van der Waals surface area contributed by atoms with Crippen molar-refractivity contribution < 1.29 is 24.1 Å². The van der Waals surface area contributed by atoms with Gasteiger partial charge >= 0.3 is 5.97 Å². The van der Waals surface area contributed by atoms with Crippen LogP contribution >= 0.6 is 11.3 Å². The van der Waals surface area contributed by atoms with E-state index in [0.29, 0.717) is 33.6 Å². The smallest absolute Gasteiger partial charge is 0.346 e. The van der Waals surface area contributed by atoms with E-state index >= 15 is 0 Å². The number of aryl methyl sites for hydroxylation is 1. The maximum Gasteiger partial charge on any atom is 0.346 e. The Kier molecular flexibility index (Phi) is 4.04. The first-order valence-electron chi connectivity index (χ1n) is 7.93. The zero-order valence-electron chi connectivity index (χ0n) is 14.2. The van der Waals surface area contributed by atoms with Crippen LogP contribution in [0.5, 0.6) is 22.3 Å². The third-order valence-corrected chi connectivity index (χ3v) is 5.44. The van der Waals surface area contributed by atoms with Crippen molar-refractivity contribution in [1.29, 1.82) is 0 Å².